The molecule has 5 aromatic heterocycles. The van der Waals surface area contributed by atoms with E-state index in [0.717, 1.165) is 117 Å². The van der Waals surface area contributed by atoms with Gasteiger partial charge in [-0.1, -0.05) is 204 Å². The van der Waals surface area contributed by atoms with E-state index in [2.05, 4.69) is 290 Å². The first-order valence-electron chi connectivity index (χ1n) is 29.0. The second kappa shape index (κ2) is 19.9. The van der Waals surface area contributed by atoms with E-state index in [4.69, 9.17) is 19.9 Å². The molecular formula is C78H55N7. The fourth-order valence-corrected chi connectivity index (χ4v) is 13.0. The van der Waals surface area contributed by atoms with Crippen LogP contribution in [0.15, 0.2) is 261 Å². The third kappa shape index (κ3) is 8.26. The lowest BCUT2D eigenvalue weighted by Gasteiger charge is -2.27. The van der Waals surface area contributed by atoms with Gasteiger partial charge >= 0.3 is 0 Å². The smallest absolute Gasteiger partial charge is 0.160 e. The molecule has 0 bridgehead atoms. The summed E-state index contributed by atoms with van der Waals surface area (Å²) in [5.74, 6) is 1.23. The SMILES string of the molecule is Cc1ccc2c(c1)c1cc(C)ccc1n2-c1cc(-n2c3ccc(C)cc3c3cc(C)ccc32)c(-c2cc(-c3ccccc3)nc(-c3ccccc3)n2)c(-n2c3ccccc3c3ccccc32)c1-c1cc(-c2ccccc2)nc(-c2ccccc2)n1. The summed E-state index contributed by atoms with van der Waals surface area (Å²) in [6.07, 6.45) is 0. The van der Waals surface area contributed by atoms with Gasteiger partial charge in [0.05, 0.1) is 72.9 Å². The molecule has 0 aliphatic rings. The van der Waals surface area contributed by atoms with Crippen molar-refractivity contribution in [3.8, 4) is 84.9 Å². The van der Waals surface area contributed by atoms with Gasteiger partial charge in [0.15, 0.2) is 11.6 Å². The summed E-state index contributed by atoms with van der Waals surface area (Å²) in [6.45, 7) is 8.76. The van der Waals surface area contributed by atoms with E-state index >= 15 is 0 Å². The minimum atomic E-state index is 0.614. The van der Waals surface area contributed by atoms with Gasteiger partial charge in [0, 0.05) is 65.7 Å². The van der Waals surface area contributed by atoms with Gasteiger partial charge in [0.1, 0.15) is 0 Å². The molecule has 11 aromatic carbocycles. The van der Waals surface area contributed by atoms with Crippen molar-refractivity contribution in [1.29, 1.82) is 0 Å². The molecule has 0 saturated carbocycles. The van der Waals surface area contributed by atoms with Crippen LogP contribution in [0, 0.1) is 27.7 Å². The maximum Gasteiger partial charge on any atom is 0.160 e. The third-order valence-corrected chi connectivity index (χ3v) is 16.9. The van der Waals surface area contributed by atoms with Gasteiger partial charge in [0.2, 0.25) is 0 Å². The highest BCUT2D eigenvalue weighted by molar-refractivity contribution is 6.15. The quantitative estimate of drug-likeness (QED) is 0.144. The Balaban J connectivity index is 1.22. The molecule has 7 heteroatoms. The Labute approximate surface area is 492 Å². The van der Waals surface area contributed by atoms with Crippen LogP contribution in [0.5, 0.6) is 0 Å². The number of nitrogens with zero attached hydrogens (tertiary/aromatic N) is 7. The number of para-hydroxylation sites is 2. The maximum absolute atomic E-state index is 5.89. The molecule has 16 aromatic rings. The molecule has 5 heterocycles. The molecule has 0 unspecified atom stereocenters. The molecular weight excluding hydrogens is 1030 g/mol. The lowest BCUT2D eigenvalue weighted by Crippen LogP contribution is -2.12. The fourth-order valence-electron chi connectivity index (χ4n) is 13.0. The second-order valence-electron chi connectivity index (χ2n) is 22.5. The van der Waals surface area contributed by atoms with Crippen LogP contribution in [0.2, 0.25) is 0 Å². The van der Waals surface area contributed by atoms with Gasteiger partial charge in [-0.05, 0) is 107 Å². The Bertz CT molecular complexity index is 4760. The molecule has 0 amide bonds. The van der Waals surface area contributed by atoms with E-state index in [1.807, 2.05) is 12.1 Å². The zero-order valence-electron chi connectivity index (χ0n) is 47.5. The predicted octanol–water partition coefficient (Wildman–Crippen LogP) is 19.8. The first-order valence-corrected chi connectivity index (χ1v) is 29.0. The average Bonchev–Trinajstić information content (AvgIpc) is 2.00. The first kappa shape index (κ1) is 49.8. The van der Waals surface area contributed by atoms with Crippen molar-refractivity contribution in [3.05, 3.63) is 283 Å². The zero-order valence-corrected chi connectivity index (χ0v) is 47.5. The summed E-state index contributed by atoms with van der Waals surface area (Å²) in [7, 11) is 0. The molecule has 0 aliphatic heterocycles. The maximum atomic E-state index is 5.89. The lowest BCUT2D eigenvalue weighted by molar-refractivity contribution is 1.08. The van der Waals surface area contributed by atoms with Gasteiger partial charge in [-0.25, -0.2) is 19.9 Å². The average molecular weight is 1090 g/mol. The Morgan fingerprint density at radius 2 is 0.529 bits per heavy atom. The van der Waals surface area contributed by atoms with E-state index < -0.39 is 0 Å². The van der Waals surface area contributed by atoms with Crippen LogP contribution in [0.1, 0.15) is 22.3 Å². The van der Waals surface area contributed by atoms with Gasteiger partial charge in [-0.15, -0.1) is 0 Å². The number of aromatic nitrogens is 7. The zero-order chi connectivity index (χ0) is 56.9. The number of aryl methyl sites for hydroxylation is 4. The molecule has 0 saturated heterocycles. The normalized spacial score (nSPS) is 11.8. The molecule has 0 atom stereocenters. The van der Waals surface area contributed by atoms with Crippen molar-refractivity contribution in [2.24, 2.45) is 0 Å². The Morgan fingerprint density at radius 1 is 0.235 bits per heavy atom. The van der Waals surface area contributed by atoms with Gasteiger partial charge in [-0.3, -0.25) is 0 Å². The number of hydrogen-bond acceptors (Lipinski definition) is 4. The number of hydrogen-bond donors (Lipinski definition) is 0. The van der Waals surface area contributed by atoms with E-state index in [9.17, 15) is 0 Å². The van der Waals surface area contributed by atoms with Crippen molar-refractivity contribution in [2.75, 3.05) is 0 Å². The molecule has 0 N–H and O–H groups in total. The van der Waals surface area contributed by atoms with Crippen LogP contribution in [0.3, 0.4) is 0 Å². The van der Waals surface area contributed by atoms with Crippen molar-refractivity contribution in [2.45, 2.75) is 27.7 Å². The van der Waals surface area contributed by atoms with Crippen LogP contribution in [-0.2, 0) is 0 Å². The fraction of sp³-hybridized carbons (Fsp3) is 0.0513. The molecule has 0 fully saturated rings. The summed E-state index contributed by atoms with van der Waals surface area (Å²) in [5, 5.41) is 6.94. The standard InChI is InChI=1S/C78H55N7/c1-48-33-37-68-58(41-48)59-42-49(2)34-38-69(59)83(68)72-47-73(84-70-39-35-50(3)43-60(70)61-44-51(4)36-40-71(61)84)75(65-46-63(53-23-11-6-12-24-53)80-78(82-65)55-27-15-8-16-28-55)76(85-66-31-19-17-29-56(66)57-30-18-20-32-67(57)85)74(72)64-45-62(52-21-9-5-10-22-52)79-77(81-64)54-25-13-7-14-26-54/h5-47H,1-4H3. The van der Waals surface area contributed by atoms with Gasteiger partial charge in [0.25, 0.3) is 0 Å². The Morgan fingerprint density at radius 3 is 0.882 bits per heavy atom. The summed E-state index contributed by atoms with van der Waals surface area (Å²) in [5.41, 5.74) is 22.6. The van der Waals surface area contributed by atoms with Crippen LogP contribution in [-0.4, -0.2) is 33.6 Å². The van der Waals surface area contributed by atoms with Crippen LogP contribution < -0.4 is 0 Å². The largest absolute Gasteiger partial charge is 0.308 e. The van der Waals surface area contributed by atoms with Gasteiger partial charge < -0.3 is 13.7 Å². The minimum absolute atomic E-state index is 0.614. The van der Waals surface area contributed by atoms with Crippen molar-refractivity contribution < 1.29 is 0 Å². The van der Waals surface area contributed by atoms with E-state index in [1.165, 1.54) is 43.8 Å². The molecule has 0 radical (unpaired) electrons. The van der Waals surface area contributed by atoms with Crippen molar-refractivity contribution >= 4 is 65.4 Å². The molecule has 0 aliphatic carbocycles. The molecule has 402 valence electrons. The first-order chi connectivity index (χ1) is 41.8. The van der Waals surface area contributed by atoms with E-state index in [0.29, 0.717) is 11.6 Å². The highest BCUT2D eigenvalue weighted by atomic mass is 15.1. The second-order valence-corrected chi connectivity index (χ2v) is 22.5. The van der Waals surface area contributed by atoms with Crippen LogP contribution in [0.25, 0.3) is 150 Å². The summed E-state index contributed by atoms with van der Waals surface area (Å²) < 4.78 is 7.51. The van der Waals surface area contributed by atoms with Gasteiger partial charge in [-0.2, -0.15) is 0 Å². The summed E-state index contributed by atoms with van der Waals surface area (Å²) >= 11 is 0. The molecule has 85 heavy (non-hydrogen) atoms. The number of fused-ring (bicyclic) bond motifs is 9. The summed E-state index contributed by atoms with van der Waals surface area (Å²) in [4.78, 5) is 22.7. The minimum Gasteiger partial charge on any atom is -0.308 e. The molecule has 0 spiro atoms. The van der Waals surface area contributed by atoms with Crippen LogP contribution >= 0.6 is 0 Å². The van der Waals surface area contributed by atoms with E-state index in [-0.39, 0.29) is 0 Å². The Kier molecular flexibility index (Phi) is 11.6. The lowest BCUT2D eigenvalue weighted by atomic mass is 9.94. The number of benzene rings is 11. The van der Waals surface area contributed by atoms with E-state index in [1.54, 1.807) is 0 Å². The van der Waals surface area contributed by atoms with Crippen molar-refractivity contribution in [1.82, 2.24) is 33.6 Å². The van der Waals surface area contributed by atoms with Crippen molar-refractivity contribution in [3.63, 3.8) is 0 Å². The predicted molar refractivity (Wildman–Crippen MR) is 352 cm³/mol. The third-order valence-electron chi connectivity index (χ3n) is 16.9. The highest BCUT2D eigenvalue weighted by Gasteiger charge is 2.32. The Hall–Kier alpha value is -11.0. The topological polar surface area (TPSA) is 66.3 Å². The summed E-state index contributed by atoms with van der Waals surface area (Å²) in [6, 6.07) is 93.9. The number of rotatable bonds is 9. The van der Waals surface area contributed by atoms with Crippen LogP contribution in [0.4, 0.5) is 0 Å². The molecule has 16 rings (SSSR count). The monoisotopic (exact) mass is 1090 g/mol. The highest BCUT2D eigenvalue weighted by Crippen LogP contribution is 2.51. The molecule has 7 nitrogen and oxygen atoms in total.